The summed E-state index contributed by atoms with van der Waals surface area (Å²) in [6.45, 7) is -4.34. The molecule has 0 unspecified atom stereocenters. The first-order valence-corrected chi connectivity index (χ1v) is 16.2. The number of aryl methyl sites for hydroxylation is 2. The van der Waals surface area contributed by atoms with Crippen LogP contribution in [0.15, 0.2) is 168 Å². The fourth-order valence-electron chi connectivity index (χ4n) is 5.98. The van der Waals surface area contributed by atoms with Gasteiger partial charge in [0.1, 0.15) is 0 Å². The summed E-state index contributed by atoms with van der Waals surface area (Å²) < 4.78 is 51.7. The molecule has 0 N–H and O–H groups in total. The van der Waals surface area contributed by atoms with Crippen LogP contribution in [0.5, 0.6) is 0 Å². The summed E-state index contributed by atoms with van der Waals surface area (Å²) >= 11 is 0. The van der Waals surface area contributed by atoms with E-state index in [4.69, 9.17) is 17.6 Å². The van der Waals surface area contributed by atoms with Crippen molar-refractivity contribution in [3.63, 3.8) is 0 Å². The summed E-state index contributed by atoms with van der Waals surface area (Å²) in [6, 6.07) is 54.4. The smallest absolute Gasteiger partial charge is 0.0774 e. The molecule has 5 heteroatoms. The number of aromatic nitrogens is 3. The Morgan fingerprint density at radius 3 is 2.00 bits per heavy atom. The third-order valence-corrected chi connectivity index (χ3v) is 8.49. The molecule has 3 aromatic heterocycles. The first kappa shape index (κ1) is 26.9. The van der Waals surface area contributed by atoms with E-state index in [9.17, 15) is 0 Å². The van der Waals surface area contributed by atoms with Gasteiger partial charge in [-0.1, -0.05) is 133 Å². The van der Waals surface area contributed by atoms with Crippen LogP contribution in [0.3, 0.4) is 0 Å². The van der Waals surface area contributed by atoms with Crippen molar-refractivity contribution in [3.8, 4) is 50.6 Å². The van der Waals surface area contributed by atoms with Gasteiger partial charge < -0.3 is 14.0 Å². The van der Waals surface area contributed by atoms with Gasteiger partial charge in [0.2, 0.25) is 0 Å². The van der Waals surface area contributed by atoms with Crippen molar-refractivity contribution in [2.45, 2.75) is 13.7 Å². The molecule has 0 aliphatic heterocycles. The maximum Gasteiger partial charge on any atom is 0.0774 e. The Kier molecular flexibility index (Phi) is 7.89. The fraction of sp³-hybridized carbons (Fsp3) is 0.0435. The number of hydrogen-bond acceptors (Lipinski definition) is 3. The van der Waals surface area contributed by atoms with E-state index in [1.54, 1.807) is 12.1 Å². The predicted molar refractivity (Wildman–Crippen MR) is 204 cm³/mol. The third-order valence-electron chi connectivity index (χ3n) is 8.49. The Balaban J connectivity index is 0.000000202. The molecule has 51 heavy (non-hydrogen) atoms. The van der Waals surface area contributed by atoms with Gasteiger partial charge in [0.25, 0.3) is 0 Å². The molecule has 0 aliphatic carbocycles. The van der Waals surface area contributed by atoms with Gasteiger partial charge in [0.15, 0.2) is 0 Å². The van der Waals surface area contributed by atoms with Crippen molar-refractivity contribution in [1.29, 1.82) is 0 Å². The fourth-order valence-corrected chi connectivity index (χ4v) is 5.98. The second-order valence-electron chi connectivity index (χ2n) is 11.8. The van der Waals surface area contributed by atoms with Gasteiger partial charge in [-0.25, -0.2) is 0 Å². The Hall–Kier alpha value is -5.87. The second kappa shape index (κ2) is 14.9. The number of furan rings is 1. The summed E-state index contributed by atoms with van der Waals surface area (Å²) in [5, 5.41) is 0.994. The Labute approximate surface area is 319 Å². The van der Waals surface area contributed by atoms with Crippen LogP contribution in [0.2, 0.25) is 0 Å². The molecule has 249 valence electrons. The average Bonchev–Trinajstić information content (AvgIpc) is 3.83. The zero-order valence-corrected chi connectivity index (χ0v) is 29.6. The van der Waals surface area contributed by atoms with Crippen molar-refractivity contribution < 1.29 is 32.7 Å². The molecule has 3 heterocycles. The molecule has 0 saturated carbocycles. The normalized spacial score (nSPS) is 13.0. The largest absolute Gasteiger partial charge is 0.557 e. The molecule has 1 radical (unpaired) electrons. The molecule has 0 atom stereocenters. The van der Waals surface area contributed by atoms with Crippen LogP contribution in [0.4, 0.5) is 0 Å². The van der Waals surface area contributed by atoms with E-state index in [2.05, 4.69) is 113 Å². The van der Waals surface area contributed by atoms with Crippen molar-refractivity contribution in [1.82, 2.24) is 14.5 Å². The number of nitrogens with zero attached hydrogens (tertiary/aromatic N) is 3. The first-order valence-electron chi connectivity index (χ1n) is 19.2. The topological polar surface area (TPSA) is 43.9 Å². The second-order valence-corrected chi connectivity index (χ2v) is 11.8. The van der Waals surface area contributed by atoms with E-state index in [1.807, 2.05) is 36.4 Å². The molecule has 0 aliphatic rings. The number of pyridine rings is 1. The van der Waals surface area contributed by atoms with E-state index < -0.39 is 13.7 Å². The van der Waals surface area contributed by atoms with Crippen LogP contribution in [0.25, 0.3) is 72.6 Å². The van der Waals surface area contributed by atoms with Gasteiger partial charge in [-0.3, -0.25) is 4.98 Å². The van der Waals surface area contributed by atoms with Crippen LogP contribution < -0.4 is 0 Å². The van der Waals surface area contributed by atoms with Gasteiger partial charge in [-0.15, -0.1) is 35.4 Å². The number of imidazole rings is 1. The molecule has 0 bridgehead atoms. The van der Waals surface area contributed by atoms with E-state index in [0.29, 0.717) is 11.3 Å². The number of fused-ring (bicyclic) bond motifs is 2. The van der Waals surface area contributed by atoms with Gasteiger partial charge in [0, 0.05) is 52.1 Å². The number of benzene rings is 6. The minimum atomic E-state index is -2.18. The minimum absolute atomic E-state index is 0. The summed E-state index contributed by atoms with van der Waals surface area (Å²) in [5.74, 6) is 0.813. The maximum absolute atomic E-state index is 7.28. The van der Waals surface area contributed by atoms with Crippen LogP contribution in [-0.2, 0) is 20.1 Å². The summed E-state index contributed by atoms with van der Waals surface area (Å²) in [5.41, 5.74) is 10.9. The molecule has 0 spiro atoms. The quantitative estimate of drug-likeness (QED) is 0.162. The van der Waals surface area contributed by atoms with Crippen LogP contribution >= 0.6 is 0 Å². The Morgan fingerprint density at radius 1 is 0.647 bits per heavy atom. The Morgan fingerprint density at radius 2 is 1.31 bits per heavy atom. The first-order chi connectivity index (χ1) is 27.0. The van der Waals surface area contributed by atoms with Crippen molar-refractivity contribution in [2.24, 2.45) is 0 Å². The molecule has 0 saturated heterocycles. The van der Waals surface area contributed by atoms with Crippen molar-refractivity contribution >= 4 is 22.0 Å². The molecule has 9 rings (SSSR count). The zero-order chi connectivity index (χ0) is 38.9. The van der Waals surface area contributed by atoms with E-state index in [1.165, 1.54) is 35.5 Å². The maximum atomic E-state index is 7.28. The molecular weight excluding hydrogens is 803 g/mol. The Bertz CT molecular complexity index is 2690. The monoisotopic (exact) mass is 842 g/mol. The van der Waals surface area contributed by atoms with Gasteiger partial charge in [-0.2, -0.15) is 0 Å². The minimum Gasteiger partial charge on any atom is -0.557 e. The summed E-state index contributed by atoms with van der Waals surface area (Å²) in [4.78, 5) is 9.11. The van der Waals surface area contributed by atoms with Gasteiger partial charge in [-0.05, 0) is 64.6 Å². The van der Waals surface area contributed by atoms with Gasteiger partial charge >= 0.3 is 0 Å². The third kappa shape index (κ3) is 7.09. The molecular formula is C46H33IrN3O-2. The van der Waals surface area contributed by atoms with E-state index in [0.717, 1.165) is 50.2 Å². The van der Waals surface area contributed by atoms with Crippen LogP contribution in [-0.4, -0.2) is 14.5 Å². The molecule has 6 aromatic carbocycles. The van der Waals surface area contributed by atoms with E-state index >= 15 is 0 Å². The number of rotatable bonds is 5. The number of para-hydroxylation sites is 2. The van der Waals surface area contributed by atoms with E-state index in [-0.39, 0.29) is 31.2 Å². The van der Waals surface area contributed by atoms with Crippen molar-refractivity contribution in [2.75, 3.05) is 0 Å². The van der Waals surface area contributed by atoms with Crippen LogP contribution in [0.1, 0.15) is 19.4 Å². The molecule has 9 aromatic rings. The summed E-state index contributed by atoms with van der Waals surface area (Å²) in [7, 11) is 0. The molecule has 4 nitrogen and oxygen atoms in total. The SMILES string of the molecule is [2H]C([2H])([2H])c1c[c-]c(-c2ccc(C([2H])([2H])[2H])cn2)cc1.[Ir].[c-]1oc2ccc(-c3ccccc3)cc2c1-c1nc2ccccc2n1-c1ccc(-c2ccccc2)cc1. The molecule has 0 fully saturated rings. The zero-order valence-electron chi connectivity index (χ0n) is 33.2. The summed E-state index contributed by atoms with van der Waals surface area (Å²) in [6.07, 6.45) is 4.46. The standard InChI is InChI=1S/C33H21N2O.C13H12N.Ir/c1-3-9-23(10-4-1)25-15-18-27(19-16-25)35-31-14-8-7-13-30(31)34-33(35)29-22-36-32-20-17-26(21-28(29)32)24-11-5-2-6-12-24;1-10-3-6-12(7-4-10)13-8-5-11(2)9-14-13;/h1-21H;3-6,8-9H,1-2H3;/q2*-1;/i;1D3,2D3;. The molecule has 0 amide bonds. The van der Waals surface area contributed by atoms with Gasteiger partial charge in [0.05, 0.1) is 16.9 Å². The average molecular weight is 842 g/mol. The predicted octanol–water partition coefficient (Wildman–Crippen LogP) is 11.7. The van der Waals surface area contributed by atoms with Crippen molar-refractivity contribution in [3.05, 3.63) is 187 Å². The number of hydrogen-bond donors (Lipinski definition) is 0. The van der Waals surface area contributed by atoms with Crippen LogP contribution in [0, 0.1) is 26.0 Å².